The number of β-amino-alcohol motifs (C(OH)–C–C–N with tert-alkyl or cyclic N) is 1. The van der Waals surface area contributed by atoms with Crippen molar-refractivity contribution in [1.82, 2.24) is 4.98 Å². The van der Waals surface area contributed by atoms with Crippen LogP contribution in [0.15, 0.2) is 66.7 Å². The van der Waals surface area contributed by atoms with E-state index in [9.17, 15) is 10.4 Å². The van der Waals surface area contributed by atoms with Gasteiger partial charge in [0.25, 0.3) is 0 Å². The van der Waals surface area contributed by atoms with Crippen LogP contribution in [0.5, 0.6) is 0 Å². The Kier molecular flexibility index (Phi) is 5.21. The van der Waals surface area contributed by atoms with Gasteiger partial charge in [-0.15, -0.1) is 0 Å². The molecule has 34 heavy (non-hydrogen) atoms. The van der Waals surface area contributed by atoms with Gasteiger partial charge in [-0.2, -0.15) is 5.26 Å². The van der Waals surface area contributed by atoms with E-state index in [-0.39, 0.29) is 6.10 Å². The lowest BCUT2D eigenvalue weighted by Gasteiger charge is -2.38. The van der Waals surface area contributed by atoms with Crippen LogP contribution in [0.1, 0.15) is 5.56 Å². The topological polar surface area (TPSA) is 75.5 Å². The molecule has 2 saturated heterocycles. The summed E-state index contributed by atoms with van der Waals surface area (Å²) in [4.78, 5) is 7.97. The molecule has 2 aliphatic rings. The first-order valence-corrected chi connectivity index (χ1v) is 11.7. The summed E-state index contributed by atoms with van der Waals surface area (Å²) in [6.45, 7) is 4.57. The SMILES string of the molecule is N#Cc1cc(-c2cccc3[nH]c(-c4ccc(N5CCOCC5)cc4)cc23)ccc1N1CC(O)C1. The monoisotopic (exact) mass is 450 g/mol. The first-order chi connectivity index (χ1) is 16.7. The first-order valence-electron chi connectivity index (χ1n) is 11.7. The number of fused-ring (bicyclic) bond motifs is 1. The summed E-state index contributed by atoms with van der Waals surface area (Å²) < 4.78 is 5.46. The van der Waals surface area contributed by atoms with Crippen LogP contribution in [0.2, 0.25) is 0 Å². The highest BCUT2D eigenvalue weighted by molar-refractivity contribution is 5.98. The number of aliphatic hydroxyl groups is 1. The molecule has 0 unspecified atom stereocenters. The molecule has 6 rings (SSSR count). The third-order valence-corrected chi connectivity index (χ3v) is 6.85. The van der Waals surface area contributed by atoms with Crippen LogP contribution in [0.4, 0.5) is 11.4 Å². The van der Waals surface area contributed by atoms with E-state index in [0.717, 1.165) is 65.3 Å². The van der Waals surface area contributed by atoms with E-state index in [4.69, 9.17) is 4.74 Å². The van der Waals surface area contributed by atoms with Crippen molar-refractivity contribution in [3.05, 3.63) is 72.3 Å². The predicted octanol–water partition coefficient (Wildman–Crippen LogP) is 4.39. The van der Waals surface area contributed by atoms with Crippen molar-refractivity contribution in [2.24, 2.45) is 0 Å². The van der Waals surface area contributed by atoms with Crippen molar-refractivity contribution >= 4 is 22.3 Å². The molecular formula is C28H26N4O2. The van der Waals surface area contributed by atoms with Crippen molar-refractivity contribution < 1.29 is 9.84 Å². The van der Waals surface area contributed by atoms with E-state index < -0.39 is 0 Å². The number of aliphatic hydroxyl groups excluding tert-OH is 1. The normalized spacial score (nSPS) is 16.5. The second-order valence-corrected chi connectivity index (χ2v) is 9.00. The highest BCUT2D eigenvalue weighted by atomic mass is 16.5. The van der Waals surface area contributed by atoms with Crippen LogP contribution < -0.4 is 9.80 Å². The number of ether oxygens (including phenoxy) is 1. The zero-order valence-electron chi connectivity index (χ0n) is 18.9. The molecule has 170 valence electrons. The minimum atomic E-state index is -0.304. The lowest BCUT2D eigenvalue weighted by molar-refractivity contribution is 0.122. The van der Waals surface area contributed by atoms with Crippen LogP contribution in [0, 0.1) is 11.3 Å². The van der Waals surface area contributed by atoms with Gasteiger partial charge in [0.2, 0.25) is 0 Å². The van der Waals surface area contributed by atoms with Gasteiger partial charge in [-0.3, -0.25) is 0 Å². The average molecular weight is 451 g/mol. The molecule has 0 amide bonds. The Hall–Kier alpha value is -3.79. The van der Waals surface area contributed by atoms with Crippen molar-refractivity contribution in [1.29, 1.82) is 5.26 Å². The smallest absolute Gasteiger partial charge is 0.101 e. The largest absolute Gasteiger partial charge is 0.389 e. The minimum absolute atomic E-state index is 0.304. The molecule has 0 bridgehead atoms. The molecule has 1 aromatic heterocycles. The fourth-order valence-electron chi connectivity index (χ4n) is 4.96. The van der Waals surface area contributed by atoms with Gasteiger partial charge < -0.3 is 24.6 Å². The molecule has 0 aliphatic carbocycles. The van der Waals surface area contributed by atoms with Gasteiger partial charge in [0.15, 0.2) is 0 Å². The lowest BCUT2D eigenvalue weighted by Crippen LogP contribution is -2.51. The maximum Gasteiger partial charge on any atom is 0.101 e. The highest BCUT2D eigenvalue weighted by Gasteiger charge is 2.26. The molecule has 0 radical (unpaired) electrons. The number of benzene rings is 3. The third kappa shape index (κ3) is 3.69. The second-order valence-electron chi connectivity index (χ2n) is 9.00. The van der Waals surface area contributed by atoms with Gasteiger partial charge in [-0.1, -0.05) is 30.3 Å². The summed E-state index contributed by atoms with van der Waals surface area (Å²) in [6, 6.07) is 25.5. The number of rotatable bonds is 4. The molecule has 0 atom stereocenters. The number of morpholine rings is 1. The van der Waals surface area contributed by atoms with E-state index in [1.807, 2.05) is 23.1 Å². The van der Waals surface area contributed by atoms with Gasteiger partial charge in [0.05, 0.1) is 30.6 Å². The molecule has 6 heteroatoms. The fourth-order valence-corrected chi connectivity index (χ4v) is 4.96. The van der Waals surface area contributed by atoms with Crippen LogP contribution in [-0.2, 0) is 4.74 Å². The lowest BCUT2D eigenvalue weighted by atomic mass is 9.97. The Morgan fingerprint density at radius 1 is 0.912 bits per heavy atom. The van der Waals surface area contributed by atoms with E-state index in [1.54, 1.807) is 0 Å². The van der Waals surface area contributed by atoms with Crippen molar-refractivity contribution in [3.63, 3.8) is 0 Å². The number of hydrogen-bond acceptors (Lipinski definition) is 5. The molecule has 0 saturated carbocycles. The Morgan fingerprint density at radius 3 is 2.41 bits per heavy atom. The number of aromatic nitrogens is 1. The summed E-state index contributed by atoms with van der Waals surface area (Å²) in [5, 5.41) is 20.5. The Bertz CT molecular complexity index is 1370. The van der Waals surface area contributed by atoms with Crippen LogP contribution in [-0.4, -0.2) is 55.6 Å². The quantitative estimate of drug-likeness (QED) is 0.482. The van der Waals surface area contributed by atoms with Crippen LogP contribution in [0.25, 0.3) is 33.3 Å². The summed E-state index contributed by atoms with van der Waals surface area (Å²) in [5.74, 6) is 0. The van der Waals surface area contributed by atoms with Crippen LogP contribution >= 0.6 is 0 Å². The molecule has 3 aromatic carbocycles. The molecular weight excluding hydrogens is 424 g/mol. The summed E-state index contributed by atoms with van der Waals surface area (Å²) in [7, 11) is 0. The van der Waals surface area contributed by atoms with Gasteiger partial charge in [-0.25, -0.2) is 0 Å². The summed E-state index contributed by atoms with van der Waals surface area (Å²) in [6.07, 6.45) is -0.304. The number of aromatic amines is 1. The van der Waals surface area contributed by atoms with E-state index >= 15 is 0 Å². The van der Waals surface area contributed by atoms with E-state index in [1.165, 1.54) is 5.69 Å². The average Bonchev–Trinajstić information content (AvgIpc) is 3.32. The maximum atomic E-state index is 9.75. The number of nitrogens with zero attached hydrogens (tertiary/aromatic N) is 3. The molecule has 3 heterocycles. The predicted molar refractivity (Wildman–Crippen MR) is 135 cm³/mol. The molecule has 6 nitrogen and oxygen atoms in total. The number of nitrogens with one attached hydrogen (secondary N) is 1. The second kappa shape index (κ2) is 8.53. The van der Waals surface area contributed by atoms with Gasteiger partial charge in [0.1, 0.15) is 6.07 Å². The first kappa shape index (κ1) is 20.8. The van der Waals surface area contributed by atoms with E-state index in [2.05, 4.69) is 64.5 Å². The molecule has 0 spiro atoms. The number of anilines is 2. The molecule has 4 aromatic rings. The summed E-state index contributed by atoms with van der Waals surface area (Å²) in [5.41, 5.74) is 8.14. The number of nitriles is 1. The van der Waals surface area contributed by atoms with Gasteiger partial charge in [0, 0.05) is 48.5 Å². The van der Waals surface area contributed by atoms with Crippen molar-refractivity contribution in [2.45, 2.75) is 6.10 Å². The van der Waals surface area contributed by atoms with Crippen molar-refractivity contribution in [3.8, 4) is 28.5 Å². The Balaban J connectivity index is 1.33. The fraction of sp³-hybridized carbons (Fsp3) is 0.250. The number of hydrogen-bond donors (Lipinski definition) is 2. The van der Waals surface area contributed by atoms with Gasteiger partial charge in [-0.05, 0) is 53.1 Å². The summed E-state index contributed by atoms with van der Waals surface area (Å²) >= 11 is 0. The van der Waals surface area contributed by atoms with Gasteiger partial charge >= 0.3 is 0 Å². The van der Waals surface area contributed by atoms with Crippen molar-refractivity contribution in [2.75, 3.05) is 49.2 Å². The van der Waals surface area contributed by atoms with Crippen LogP contribution in [0.3, 0.4) is 0 Å². The maximum absolute atomic E-state index is 9.75. The Labute approximate surface area is 198 Å². The zero-order chi connectivity index (χ0) is 23.1. The van der Waals surface area contributed by atoms with E-state index in [0.29, 0.717) is 18.7 Å². The zero-order valence-corrected chi connectivity index (χ0v) is 18.9. The highest BCUT2D eigenvalue weighted by Crippen LogP contribution is 2.35. The standard InChI is InChI=1S/C28H26N4O2/c29-16-21-14-20(6-9-28(21)32-17-23(33)18-32)24-2-1-3-26-25(24)15-27(30-26)19-4-7-22(8-5-19)31-10-12-34-13-11-31/h1-9,14-15,23,30,33H,10-13,17-18H2. The molecule has 2 aliphatic heterocycles. The Morgan fingerprint density at radius 2 is 1.68 bits per heavy atom. The molecule has 2 N–H and O–H groups in total. The third-order valence-electron chi connectivity index (χ3n) is 6.85. The minimum Gasteiger partial charge on any atom is -0.389 e. The number of H-pyrrole nitrogens is 1. The molecule has 2 fully saturated rings.